The van der Waals surface area contributed by atoms with Gasteiger partial charge < -0.3 is 5.73 Å². The maximum Gasteiger partial charge on any atom is 0.238 e. The van der Waals surface area contributed by atoms with Crippen LogP contribution in [0.5, 0.6) is 0 Å². The Morgan fingerprint density at radius 3 is 2.39 bits per heavy atom. The van der Waals surface area contributed by atoms with Crippen LogP contribution in [-0.2, 0) is 10.0 Å². The summed E-state index contributed by atoms with van der Waals surface area (Å²) >= 11 is 1.75. The second kappa shape index (κ2) is 5.50. The van der Waals surface area contributed by atoms with Crippen molar-refractivity contribution in [2.24, 2.45) is 5.14 Å². The number of nitrogens with two attached hydrogens (primary N) is 2. The van der Waals surface area contributed by atoms with Crippen molar-refractivity contribution in [1.29, 1.82) is 0 Å². The standard InChI is InChI=1S/C12H18N2O2S2/c13-11-8-10(18(14,15)16)6-7-12(11)17-9-4-2-1-3-5-9/h6-9H,1-5,13H2,(H2,14,15,16). The minimum atomic E-state index is -3.66. The van der Waals surface area contributed by atoms with Gasteiger partial charge in [-0.2, -0.15) is 0 Å². The van der Waals surface area contributed by atoms with E-state index in [4.69, 9.17) is 10.9 Å². The second-order valence-electron chi connectivity index (χ2n) is 4.62. The van der Waals surface area contributed by atoms with E-state index in [0.717, 1.165) is 4.90 Å². The topological polar surface area (TPSA) is 86.2 Å². The molecule has 0 spiro atoms. The van der Waals surface area contributed by atoms with E-state index in [-0.39, 0.29) is 4.90 Å². The first-order chi connectivity index (χ1) is 8.47. The first-order valence-electron chi connectivity index (χ1n) is 6.06. The van der Waals surface area contributed by atoms with E-state index in [0.29, 0.717) is 10.9 Å². The summed E-state index contributed by atoms with van der Waals surface area (Å²) in [6.45, 7) is 0. The van der Waals surface area contributed by atoms with Gasteiger partial charge in [-0.05, 0) is 31.0 Å². The van der Waals surface area contributed by atoms with E-state index in [1.165, 1.54) is 44.2 Å². The Kier molecular flexibility index (Phi) is 4.19. The average molecular weight is 286 g/mol. The normalized spacial score (nSPS) is 17.8. The fourth-order valence-electron chi connectivity index (χ4n) is 2.17. The van der Waals surface area contributed by atoms with Crippen LogP contribution in [0.4, 0.5) is 5.69 Å². The van der Waals surface area contributed by atoms with Gasteiger partial charge >= 0.3 is 0 Å². The maximum absolute atomic E-state index is 11.2. The minimum absolute atomic E-state index is 0.0768. The lowest BCUT2D eigenvalue weighted by Gasteiger charge is -2.21. The van der Waals surface area contributed by atoms with Crippen LogP contribution in [0.1, 0.15) is 32.1 Å². The molecule has 1 aromatic rings. The number of primary sulfonamides is 1. The molecule has 0 radical (unpaired) electrons. The van der Waals surface area contributed by atoms with Gasteiger partial charge in [0.1, 0.15) is 0 Å². The number of nitrogen functional groups attached to an aromatic ring is 1. The third-order valence-electron chi connectivity index (χ3n) is 3.16. The van der Waals surface area contributed by atoms with Crippen LogP contribution in [0, 0.1) is 0 Å². The molecule has 1 aromatic carbocycles. The van der Waals surface area contributed by atoms with Gasteiger partial charge in [-0.15, -0.1) is 11.8 Å². The van der Waals surface area contributed by atoms with Crippen LogP contribution in [0.2, 0.25) is 0 Å². The number of anilines is 1. The van der Waals surface area contributed by atoms with Crippen LogP contribution in [0.15, 0.2) is 28.0 Å². The van der Waals surface area contributed by atoms with Crippen molar-refractivity contribution in [2.45, 2.75) is 47.1 Å². The molecule has 0 aliphatic heterocycles. The van der Waals surface area contributed by atoms with E-state index in [2.05, 4.69) is 0 Å². The lowest BCUT2D eigenvalue weighted by atomic mass is 10.0. The van der Waals surface area contributed by atoms with Crippen molar-refractivity contribution in [1.82, 2.24) is 0 Å². The molecular formula is C12H18N2O2S2. The average Bonchev–Trinajstić information content (AvgIpc) is 2.32. The molecule has 1 saturated carbocycles. The van der Waals surface area contributed by atoms with Gasteiger partial charge in [0.15, 0.2) is 0 Å². The molecule has 0 bridgehead atoms. The highest BCUT2D eigenvalue weighted by atomic mass is 32.2. The van der Waals surface area contributed by atoms with Crippen molar-refractivity contribution < 1.29 is 8.42 Å². The van der Waals surface area contributed by atoms with E-state index in [9.17, 15) is 8.42 Å². The first-order valence-corrected chi connectivity index (χ1v) is 8.48. The fraction of sp³-hybridized carbons (Fsp3) is 0.500. The van der Waals surface area contributed by atoms with E-state index in [1.54, 1.807) is 17.8 Å². The second-order valence-corrected chi connectivity index (χ2v) is 7.53. The van der Waals surface area contributed by atoms with Crippen LogP contribution in [-0.4, -0.2) is 13.7 Å². The quantitative estimate of drug-likeness (QED) is 0.835. The smallest absolute Gasteiger partial charge is 0.238 e. The first kappa shape index (κ1) is 13.7. The molecule has 4 nitrogen and oxygen atoms in total. The highest BCUT2D eigenvalue weighted by Crippen LogP contribution is 2.36. The Bertz CT molecular complexity index is 523. The summed E-state index contributed by atoms with van der Waals surface area (Å²) in [5.74, 6) is 0. The van der Waals surface area contributed by atoms with Crippen LogP contribution in [0.3, 0.4) is 0 Å². The van der Waals surface area contributed by atoms with Gasteiger partial charge in [0.05, 0.1) is 4.90 Å². The minimum Gasteiger partial charge on any atom is -0.398 e. The number of benzene rings is 1. The molecule has 2 rings (SSSR count). The predicted molar refractivity (Wildman–Crippen MR) is 75.0 cm³/mol. The van der Waals surface area contributed by atoms with Crippen molar-refractivity contribution in [3.8, 4) is 0 Å². The third kappa shape index (κ3) is 3.40. The van der Waals surface area contributed by atoms with Crippen LogP contribution < -0.4 is 10.9 Å². The largest absolute Gasteiger partial charge is 0.398 e. The van der Waals surface area contributed by atoms with Gasteiger partial charge in [-0.25, -0.2) is 13.6 Å². The summed E-state index contributed by atoms with van der Waals surface area (Å²) in [7, 11) is -3.66. The molecule has 0 atom stereocenters. The number of thioether (sulfide) groups is 1. The Labute approximate surface area is 112 Å². The van der Waals surface area contributed by atoms with Gasteiger partial charge in [0.2, 0.25) is 10.0 Å². The number of rotatable bonds is 3. The Morgan fingerprint density at radius 1 is 1.17 bits per heavy atom. The molecule has 1 fully saturated rings. The van der Waals surface area contributed by atoms with E-state index >= 15 is 0 Å². The number of hydrogen-bond acceptors (Lipinski definition) is 4. The zero-order valence-electron chi connectivity index (χ0n) is 10.1. The molecule has 1 aliphatic rings. The summed E-state index contributed by atoms with van der Waals surface area (Å²) in [4.78, 5) is 1.03. The molecule has 0 unspecified atom stereocenters. The summed E-state index contributed by atoms with van der Waals surface area (Å²) in [5.41, 5.74) is 6.39. The SMILES string of the molecule is Nc1cc(S(N)(=O)=O)ccc1SC1CCCCC1. The summed E-state index contributed by atoms with van der Waals surface area (Å²) in [5, 5.41) is 5.67. The molecule has 18 heavy (non-hydrogen) atoms. The number of hydrogen-bond donors (Lipinski definition) is 2. The predicted octanol–water partition coefficient (Wildman–Crippen LogP) is 2.34. The molecule has 0 heterocycles. The summed E-state index contributed by atoms with van der Waals surface area (Å²) in [6, 6.07) is 4.73. The monoisotopic (exact) mass is 286 g/mol. The van der Waals surface area contributed by atoms with Crippen molar-refractivity contribution >= 4 is 27.5 Å². The Morgan fingerprint density at radius 2 is 1.83 bits per heavy atom. The lowest BCUT2D eigenvalue weighted by Crippen LogP contribution is -2.13. The molecule has 0 amide bonds. The molecular weight excluding hydrogens is 268 g/mol. The summed E-state index contributed by atoms with van der Waals surface area (Å²) in [6.07, 6.45) is 6.28. The van der Waals surface area contributed by atoms with Crippen molar-refractivity contribution in [2.75, 3.05) is 5.73 Å². The highest BCUT2D eigenvalue weighted by Gasteiger charge is 2.17. The zero-order valence-corrected chi connectivity index (χ0v) is 11.8. The third-order valence-corrected chi connectivity index (χ3v) is 5.50. The van der Waals surface area contributed by atoms with E-state index < -0.39 is 10.0 Å². The molecule has 4 N–H and O–H groups in total. The van der Waals surface area contributed by atoms with Crippen LogP contribution >= 0.6 is 11.8 Å². The van der Waals surface area contributed by atoms with Gasteiger partial charge in [-0.3, -0.25) is 0 Å². The number of sulfonamides is 1. The summed E-state index contributed by atoms with van der Waals surface area (Å²) < 4.78 is 22.4. The fourth-order valence-corrected chi connectivity index (χ4v) is 3.99. The van der Waals surface area contributed by atoms with Crippen molar-refractivity contribution in [3.63, 3.8) is 0 Å². The van der Waals surface area contributed by atoms with Crippen molar-refractivity contribution in [3.05, 3.63) is 18.2 Å². The van der Waals surface area contributed by atoms with Gasteiger partial charge in [0, 0.05) is 15.8 Å². The molecule has 100 valence electrons. The van der Waals surface area contributed by atoms with Crippen LogP contribution in [0.25, 0.3) is 0 Å². The van der Waals surface area contributed by atoms with Gasteiger partial charge in [0.25, 0.3) is 0 Å². The molecule has 1 aliphatic carbocycles. The molecule has 6 heteroatoms. The molecule has 0 saturated heterocycles. The Hall–Kier alpha value is -0.720. The maximum atomic E-state index is 11.2. The Balaban J connectivity index is 2.14. The zero-order chi connectivity index (χ0) is 13.2. The van der Waals surface area contributed by atoms with E-state index in [1.807, 2.05) is 0 Å². The highest BCUT2D eigenvalue weighted by molar-refractivity contribution is 8.00. The van der Waals surface area contributed by atoms with Gasteiger partial charge in [-0.1, -0.05) is 19.3 Å². The lowest BCUT2D eigenvalue weighted by molar-refractivity contribution is 0.516. The molecule has 0 aromatic heterocycles.